The molecule has 0 aromatic heterocycles. The van der Waals surface area contributed by atoms with E-state index in [0.717, 1.165) is 19.1 Å². The van der Waals surface area contributed by atoms with Gasteiger partial charge in [0.2, 0.25) is 5.91 Å². The van der Waals surface area contributed by atoms with Crippen molar-refractivity contribution in [3.8, 4) is 0 Å². The lowest BCUT2D eigenvalue weighted by atomic mass is 10.1. The van der Waals surface area contributed by atoms with E-state index in [1.165, 1.54) is 6.92 Å². The van der Waals surface area contributed by atoms with Gasteiger partial charge in [0.15, 0.2) is 9.84 Å². The molecule has 2 atom stereocenters. The number of amides is 1. The van der Waals surface area contributed by atoms with E-state index in [2.05, 4.69) is 5.32 Å². The van der Waals surface area contributed by atoms with Gasteiger partial charge in [-0.2, -0.15) is 0 Å². The first-order chi connectivity index (χ1) is 7.71. The normalized spacial score (nSPS) is 19.4. The van der Waals surface area contributed by atoms with Crippen molar-refractivity contribution >= 4 is 21.7 Å². The summed E-state index contributed by atoms with van der Waals surface area (Å²) in [5.74, 6) is -1.44. The van der Waals surface area contributed by atoms with Gasteiger partial charge in [-0.1, -0.05) is 0 Å². The maximum atomic E-state index is 11.6. The molecule has 1 amide bonds. The number of carbonyl (C=O) groups is 2. The lowest BCUT2D eigenvalue weighted by Crippen LogP contribution is -2.44. The van der Waals surface area contributed by atoms with Crippen LogP contribution in [0.15, 0.2) is 0 Å². The van der Waals surface area contributed by atoms with Gasteiger partial charge in [0.1, 0.15) is 5.25 Å². The van der Waals surface area contributed by atoms with Crippen molar-refractivity contribution in [3.05, 3.63) is 0 Å². The molecule has 1 aliphatic carbocycles. The zero-order valence-electron chi connectivity index (χ0n) is 9.84. The number of hydrogen-bond acceptors (Lipinski definition) is 4. The molecule has 6 nitrogen and oxygen atoms in total. The molecule has 2 unspecified atom stereocenters. The smallest absolute Gasteiger partial charge is 0.305 e. The standard InChI is InChI=1S/C10H17NO5S/c1-6(17(2,15)16)10(14)11-8(5-9(12)13)7-3-4-7/h6-8H,3-5H2,1-2H3,(H,11,14)(H,12,13). The van der Waals surface area contributed by atoms with Crippen molar-refractivity contribution in [1.29, 1.82) is 0 Å². The van der Waals surface area contributed by atoms with E-state index in [4.69, 9.17) is 5.11 Å². The molecule has 1 rings (SSSR count). The summed E-state index contributed by atoms with van der Waals surface area (Å²) in [7, 11) is -3.44. The van der Waals surface area contributed by atoms with Crippen molar-refractivity contribution in [2.75, 3.05) is 6.26 Å². The van der Waals surface area contributed by atoms with Crippen LogP contribution in [0.5, 0.6) is 0 Å². The maximum Gasteiger partial charge on any atom is 0.305 e. The molecule has 0 bridgehead atoms. The van der Waals surface area contributed by atoms with Gasteiger partial charge in [0.05, 0.1) is 6.42 Å². The van der Waals surface area contributed by atoms with Gasteiger partial charge in [0, 0.05) is 12.3 Å². The Balaban J connectivity index is 2.61. The Kier molecular flexibility index (Phi) is 4.13. The largest absolute Gasteiger partial charge is 0.481 e. The number of hydrogen-bond donors (Lipinski definition) is 2. The van der Waals surface area contributed by atoms with Crippen LogP contribution in [0.2, 0.25) is 0 Å². The van der Waals surface area contributed by atoms with Crippen LogP contribution < -0.4 is 5.32 Å². The van der Waals surface area contributed by atoms with Crippen LogP contribution in [0.25, 0.3) is 0 Å². The van der Waals surface area contributed by atoms with Gasteiger partial charge in [0.25, 0.3) is 0 Å². The summed E-state index contributed by atoms with van der Waals surface area (Å²) in [4.78, 5) is 22.3. The number of rotatable bonds is 6. The number of nitrogens with one attached hydrogen (secondary N) is 1. The molecule has 0 saturated heterocycles. The highest BCUT2D eigenvalue weighted by molar-refractivity contribution is 7.92. The Bertz CT molecular complexity index is 412. The molecule has 17 heavy (non-hydrogen) atoms. The average molecular weight is 263 g/mol. The van der Waals surface area contributed by atoms with E-state index in [9.17, 15) is 18.0 Å². The molecule has 0 radical (unpaired) electrons. The lowest BCUT2D eigenvalue weighted by Gasteiger charge is -2.18. The molecule has 0 aromatic carbocycles. The van der Waals surface area contributed by atoms with Crippen molar-refractivity contribution in [3.63, 3.8) is 0 Å². The Morgan fingerprint density at radius 3 is 2.29 bits per heavy atom. The number of carbonyl (C=O) groups excluding carboxylic acids is 1. The van der Waals surface area contributed by atoms with Crippen molar-refractivity contribution in [2.45, 2.75) is 37.5 Å². The maximum absolute atomic E-state index is 11.6. The summed E-state index contributed by atoms with van der Waals surface area (Å²) in [5, 5.41) is 10.1. The summed E-state index contributed by atoms with van der Waals surface area (Å²) >= 11 is 0. The molecule has 98 valence electrons. The van der Waals surface area contributed by atoms with Crippen LogP contribution in [0, 0.1) is 5.92 Å². The van der Waals surface area contributed by atoms with Gasteiger partial charge in [-0.25, -0.2) is 8.42 Å². The van der Waals surface area contributed by atoms with Gasteiger partial charge < -0.3 is 10.4 Å². The zero-order valence-corrected chi connectivity index (χ0v) is 10.7. The molecule has 0 aliphatic heterocycles. The summed E-state index contributed by atoms with van der Waals surface area (Å²) in [6.07, 6.45) is 2.59. The molecule has 2 N–H and O–H groups in total. The first-order valence-electron chi connectivity index (χ1n) is 5.43. The van der Waals surface area contributed by atoms with Crippen molar-refractivity contribution in [2.24, 2.45) is 5.92 Å². The topological polar surface area (TPSA) is 101 Å². The zero-order chi connectivity index (χ0) is 13.2. The summed E-state index contributed by atoms with van der Waals surface area (Å²) in [5.41, 5.74) is 0. The minimum Gasteiger partial charge on any atom is -0.481 e. The first kappa shape index (κ1) is 14.0. The van der Waals surface area contributed by atoms with Crippen LogP contribution in [-0.2, 0) is 19.4 Å². The van der Waals surface area contributed by atoms with E-state index in [1.807, 2.05) is 0 Å². The fraction of sp³-hybridized carbons (Fsp3) is 0.800. The van der Waals surface area contributed by atoms with Crippen LogP contribution in [-0.4, -0.2) is 42.9 Å². The average Bonchev–Trinajstić information content (AvgIpc) is 2.96. The van der Waals surface area contributed by atoms with Gasteiger partial charge in [-0.05, 0) is 25.7 Å². The first-order valence-corrected chi connectivity index (χ1v) is 7.38. The van der Waals surface area contributed by atoms with E-state index < -0.39 is 33.0 Å². The second-order valence-electron chi connectivity index (χ2n) is 4.52. The Morgan fingerprint density at radius 1 is 1.41 bits per heavy atom. The number of sulfone groups is 1. The van der Waals surface area contributed by atoms with E-state index >= 15 is 0 Å². The van der Waals surface area contributed by atoms with Gasteiger partial charge in [-0.3, -0.25) is 9.59 Å². The quantitative estimate of drug-likeness (QED) is 0.690. The third kappa shape index (κ3) is 4.33. The highest BCUT2D eigenvalue weighted by Crippen LogP contribution is 2.34. The Hall–Kier alpha value is -1.11. The SMILES string of the molecule is CC(C(=O)NC(CC(=O)O)C1CC1)S(C)(=O)=O. The highest BCUT2D eigenvalue weighted by atomic mass is 32.2. The Labute approximate surface area is 100 Å². The molecule has 1 fully saturated rings. The summed E-state index contributed by atoms with van der Waals surface area (Å²) in [6.45, 7) is 1.30. The van der Waals surface area contributed by atoms with Crippen LogP contribution in [0.1, 0.15) is 26.2 Å². The minimum absolute atomic E-state index is 0.160. The number of carboxylic acid groups (broad SMARTS) is 1. The predicted molar refractivity (Wildman–Crippen MR) is 61.2 cm³/mol. The monoisotopic (exact) mass is 263 g/mol. The molecule has 1 saturated carbocycles. The number of carboxylic acids is 1. The van der Waals surface area contributed by atoms with Crippen LogP contribution in [0.4, 0.5) is 0 Å². The molecule has 0 heterocycles. The second kappa shape index (κ2) is 5.03. The molecular weight excluding hydrogens is 246 g/mol. The Morgan fingerprint density at radius 2 is 1.94 bits per heavy atom. The van der Waals surface area contributed by atoms with E-state index in [0.29, 0.717) is 0 Å². The third-order valence-corrected chi connectivity index (χ3v) is 4.42. The third-order valence-electron chi connectivity index (χ3n) is 2.92. The summed E-state index contributed by atoms with van der Waals surface area (Å²) in [6, 6.07) is -0.454. The summed E-state index contributed by atoms with van der Waals surface area (Å²) < 4.78 is 22.4. The fourth-order valence-corrected chi connectivity index (χ4v) is 1.97. The molecule has 7 heteroatoms. The lowest BCUT2D eigenvalue weighted by molar-refractivity contribution is -0.137. The van der Waals surface area contributed by atoms with Crippen LogP contribution in [0.3, 0.4) is 0 Å². The van der Waals surface area contributed by atoms with Crippen molar-refractivity contribution in [1.82, 2.24) is 5.32 Å². The fourth-order valence-electron chi connectivity index (χ4n) is 1.52. The van der Waals surface area contributed by atoms with E-state index in [1.54, 1.807) is 0 Å². The van der Waals surface area contributed by atoms with Crippen molar-refractivity contribution < 1.29 is 23.1 Å². The molecule has 0 spiro atoms. The predicted octanol–water partition coefficient (Wildman–Crippen LogP) is -0.211. The van der Waals surface area contributed by atoms with E-state index in [-0.39, 0.29) is 12.3 Å². The number of aliphatic carboxylic acids is 1. The second-order valence-corrected chi connectivity index (χ2v) is 6.89. The van der Waals surface area contributed by atoms with Crippen LogP contribution >= 0.6 is 0 Å². The van der Waals surface area contributed by atoms with Gasteiger partial charge >= 0.3 is 5.97 Å². The molecule has 0 aromatic rings. The minimum atomic E-state index is -3.44. The van der Waals surface area contributed by atoms with Gasteiger partial charge in [-0.15, -0.1) is 0 Å². The highest BCUT2D eigenvalue weighted by Gasteiger charge is 2.35. The molecular formula is C10H17NO5S. The molecule has 1 aliphatic rings.